The largest absolute Gasteiger partial charge is 0.409 e. The Morgan fingerprint density at radius 2 is 2.25 bits per heavy atom. The van der Waals surface area contributed by atoms with Crippen LogP contribution in [-0.4, -0.2) is 47.6 Å². The van der Waals surface area contributed by atoms with Crippen molar-refractivity contribution < 1.29 is 13.6 Å². The summed E-state index contributed by atoms with van der Waals surface area (Å²) in [6.07, 6.45) is 2.20. The minimum absolute atomic E-state index is 0.00593. The van der Waals surface area contributed by atoms with Crippen molar-refractivity contribution in [2.24, 2.45) is 10.9 Å². The van der Waals surface area contributed by atoms with Gasteiger partial charge in [0.2, 0.25) is 10.0 Å². The molecular weight excluding hydrogens is 280 g/mol. The molecule has 1 rings (SSSR count). The molecule has 7 nitrogen and oxygen atoms in total. The van der Waals surface area contributed by atoms with Crippen molar-refractivity contribution in [3.8, 4) is 0 Å². The van der Waals surface area contributed by atoms with Crippen LogP contribution in [0.1, 0.15) is 19.0 Å². The van der Waals surface area contributed by atoms with E-state index in [9.17, 15) is 8.42 Å². The summed E-state index contributed by atoms with van der Waals surface area (Å²) >= 11 is 0. The van der Waals surface area contributed by atoms with E-state index in [-0.39, 0.29) is 24.6 Å². The zero-order valence-electron chi connectivity index (χ0n) is 11.4. The summed E-state index contributed by atoms with van der Waals surface area (Å²) in [6.45, 7) is 2.31. The average Bonchev–Trinajstić information content (AvgIpc) is 2.46. The van der Waals surface area contributed by atoms with E-state index in [0.29, 0.717) is 13.0 Å². The number of nitrogens with zero attached hydrogens (tertiary/aromatic N) is 3. The van der Waals surface area contributed by atoms with Crippen molar-refractivity contribution in [1.82, 2.24) is 9.29 Å². The van der Waals surface area contributed by atoms with Crippen LogP contribution in [0.5, 0.6) is 0 Å². The number of aromatic nitrogens is 1. The summed E-state index contributed by atoms with van der Waals surface area (Å²) in [7, 11) is -3.37. The third-order valence-electron chi connectivity index (χ3n) is 2.83. The first-order valence-electron chi connectivity index (χ1n) is 6.33. The molecule has 0 radical (unpaired) electrons. The van der Waals surface area contributed by atoms with Crippen LogP contribution in [0.4, 0.5) is 0 Å². The first-order valence-corrected chi connectivity index (χ1v) is 7.94. The van der Waals surface area contributed by atoms with Gasteiger partial charge in [0.1, 0.15) is 5.84 Å². The van der Waals surface area contributed by atoms with E-state index in [1.54, 1.807) is 25.3 Å². The number of pyridine rings is 1. The standard InChI is InChI=1S/C12H20N4O3S/c1-2-16(9-6-12(13)15-17)20(18,19)10-7-11-5-3-4-8-14-11/h3-5,8,17H,2,6-7,9-10H2,1H3,(H2,13,15). The van der Waals surface area contributed by atoms with Gasteiger partial charge in [-0.3, -0.25) is 4.98 Å². The zero-order valence-corrected chi connectivity index (χ0v) is 12.3. The third-order valence-corrected chi connectivity index (χ3v) is 4.78. The van der Waals surface area contributed by atoms with Crippen LogP contribution in [0, 0.1) is 0 Å². The molecule has 0 saturated heterocycles. The van der Waals surface area contributed by atoms with Crippen LogP contribution in [0.3, 0.4) is 0 Å². The van der Waals surface area contributed by atoms with Crippen molar-refractivity contribution in [3.63, 3.8) is 0 Å². The number of amidine groups is 1. The molecule has 8 heteroatoms. The van der Waals surface area contributed by atoms with E-state index in [1.165, 1.54) is 4.31 Å². The molecule has 0 unspecified atom stereocenters. The van der Waals surface area contributed by atoms with Gasteiger partial charge in [0.25, 0.3) is 0 Å². The van der Waals surface area contributed by atoms with Crippen LogP contribution < -0.4 is 5.73 Å². The Hall–Kier alpha value is -1.67. The predicted molar refractivity (Wildman–Crippen MR) is 77.0 cm³/mol. The fourth-order valence-corrected chi connectivity index (χ4v) is 3.18. The maximum Gasteiger partial charge on any atom is 0.214 e. The monoisotopic (exact) mass is 300 g/mol. The molecule has 3 N–H and O–H groups in total. The van der Waals surface area contributed by atoms with Gasteiger partial charge in [-0.05, 0) is 12.1 Å². The van der Waals surface area contributed by atoms with Crippen molar-refractivity contribution in [2.75, 3.05) is 18.8 Å². The maximum absolute atomic E-state index is 12.2. The Morgan fingerprint density at radius 1 is 1.50 bits per heavy atom. The lowest BCUT2D eigenvalue weighted by Gasteiger charge is -2.19. The van der Waals surface area contributed by atoms with Crippen molar-refractivity contribution >= 4 is 15.9 Å². The van der Waals surface area contributed by atoms with Crippen LogP contribution in [0.15, 0.2) is 29.6 Å². The van der Waals surface area contributed by atoms with Gasteiger partial charge >= 0.3 is 0 Å². The second-order valence-corrected chi connectivity index (χ2v) is 6.31. The summed E-state index contributed by atoms with van der Waals surface area (Å²) in [5.41, 5.74) is 6.09. The van der Waals surface area contributed by atoms with Gasteiger partial charge in [-0.15, -0.1) is 0 Å². The van der Waals surface area contributed by atoms with Gasteiger partial charge in [0.15, 0.2) is 0 Å². The van der Waals surface area contributed by atoms with E-state index in [4.69, 9.17) is 10.9 Å². The van der Waals surface area contributed by atoms with Crippen LogP contribution in [0.2, 0.25) is 0 Å². The number of hydrogen-bond donors (Lipinski definition) is 2. The van der Waals surface area contributed by atoms with Gasteiger partial charge in [-0.2, -0.15) is 0 Å². The number of sulfonamides is 1. The Bertz CT molecular complexity index is 531. The quantitative estimate of drug-likeness (QED) is 0.313. The summed E-state index contributed by atoms with van der Waals surface area (Å²) in [4.78, 5) is 4.10. The number of aryl methyl sites for hydroxylation is 1. The highest BCUT2D eigenvalue weighted by Crippen LogP contribution is 2.06. The number of nitrogens with two attached hydrogens (primary N) is 1. The van der Waals surface area contributed by atoms with Gasteiger partial charge < -0.3 is 10.9 Å². The second kappa shape index (κ2) is 7.81. The highest BCUT2D eigenvalue weighted by molar-refractivity contribution is 7.89. The van der Waals surface area contributed by atoms with E-state index in [0.717, 1.165) is 5.69 Å². The SMILES string of the molecule is CCN(CCC(N)=NO)S(=O)(=O)CCc1ccccn1. The minimum Gasteiger partial charge on any atom is -0.409 e. The first kappa shape index (κ1) is 16.4. The van der Waals surface area contributed by atoms with Gasteiger partial charge in [-0.1, -0.05) is 18.1 Å². The summed E-state index contributed by atoms with van der Waals surface area (Å²) in [5.74, 6) is 0.0111. The fraction of sp³-hybridized carbons (Fsp3) is 0.500. The first-order chi connectivity index (χ1) is 9.49. The Kier molecular flexibility index (Phi) is 6.40. The van der Waals surface area contributed by atoms with Crippen molar-refractivity contribution in [3.05, 3.63) is 30.1 Å². The summed E-state index contributed by atoms with van der Waals surface area (Å²) in [5, 5.41) is 11.3. The highest BCUT2D eigenvalue weighted by Gasteiger charge is 2.20. The molecule has 0 spiro atoms. The molecule has 112 valence electrons. The van der Waals surface area contributed by atoms with Crippen LogP contribution >= 0.6 is 0 Å². The third kappa shape index (κ3) is 5.14. The van der Waals surface area contributed by atoms with E-state index in [1.807, 2.05) is 6.07 Å². The molecule has 0 fully saturated rings. The molecule has 0 aromatic carbocycles. The van der Waals surface area contributed by atoms with Crippen LogP contribution in [-0.2, 0) is 16.4 Å². The molecule has 0 aliphatic rings. The van der Waals surface area contributed by atoms with E-state index in [2.05, 4.69) is 10.1 Å². The lowest BCUT2D eigenvalue weighted by atomic mass is 10.3. The Morgan fingerprint density at radius 3 is 2.80 bits per heavy atom. The van der Waals surface area contributed by atoms with Crippen molar-refractivity contribution in [1.29, 1.82) is 0 Å². The predicted octanol–water partition coefficient (Wildman–Crippen LogP) is 0.412. The average molecular weight is 300 g/mol. The number of oxime groups is 1. The van der Waals surface area contributed by atoms with Crippen LogP contribution in [0.25, 0.3) is 0 Å². The second-order valence-electron chi connectivity index (χ2n) is 4.22. The molecule has 1 heterocycles. The highest BCUT2D eigenvalue weighted by atomic mass is 32.2. The maximum atomic E-state index is 12.2. The smallest absolute Gasteiger partial charge is 0.214 e. The molecular formula is C12H20N4O3S. The number of rotatable bonds is 8. The van der Waals surface area contributed by atoms with E-state index < -0.39 is 10.0 Å². The van der Waals surface area contributed by atoms with Gasteiger partial charge in [-0.25, -0.2) is 12.7 Å². The minimum atomic E-state index is -3.37. The molecule has 1 aromatic rings. The summed E-state index contributed by atoms with van der Waals surface area (Å²) < 4.78 is 25.7. The molecule has 0 aliphatic carbocycles. The number of hydrogen-bond acceptors (Lipinski definition) is 5. The topological polar surface area (TPSA) is 109 Å². The fourth-order valence-electron chi connectivity index (χ4n) is 1.69. The molecule has 0 atom stereocenters. The van der Waals surface area contributed by atoms with E-state index >= 15 is 0 Å². The zero-order chi connectivity index (χ0) is 15.0. The van der Waals surface area contributed by atoms with Crippen molar-refractivity contribution in [2.45, 2.75) is 19.8 Å². The Labute approximate surface area is 119 Å². The lowest BCUT2D eigenvalue weighted by Crippen LogP contribution is -2.36. The molecule has 0 saturated carbocycles. The molecule has 0 aliphatic heterocycles. The molecule has 0 bridgehead atoms. The molecule has 20 heavy (non-hydrogen) atoms. The Balaban J connectivity index is 2.60. The van der Waals surface area contributed by atoms with Gasteiger partial charge in [0.05, 0.1) is 5.75 Å². The molecule has 0 amide bonds. The molecule has 1 aromatic heterocycles. The summed E-state index contributed by atoms with van der Waals surface area (Å²) in [6, 6.07) is 5.40. The lowest BCUT2D eigenvalue weighted by molar-refractivity contribution is 0.315. The normalized spacial score (nSPS) is 12.8. The van der Waals surface area contributed by atoms with Gasteiger partial charge in [0, 0.05) is 37.8 Å².